The van der Waals surface area contributed by atoms with Crippen molar-refractivity contribution in [2.75, 3.05) is 0 Å². The number of amides is 1. The van der Waals surface area contributed by atoms with Crippen LogP contribution in [0.15, 0.2) is 58.5 Å². The average Bonchev–Trinajstić information content (AvgIpc) is 2.64. The second-order valence-corrected chi connectivity index (χ2v) is 11.5. The van der Waals surface area contributed by atoms with Crippen LogP contribution in [0.4, 0.5) is 0 Å². The molecule has 1 N–H and O–H groups in total. The van der Waals surface area contributed by atoms with E-state index in [1.807, 2.05) is 19.9 Å². The molecule has 30 heavy (non-hydrogen) atoms. The molecule has 0 aliphatic carbocycles. The summed E-state index contributed by atoms with van der Waals surface area (Å²) in [6, 6.07) is 9.44. The van der Waals surface area contributed by atoms with Gasteiger partial charge in [-0.1, -0.05) is 46.4 Å². The highest BCUT2D eigenvalue weighted by atomic mass is 35.5. The number of allylic oxidation sites excluding steroid dienone is 1. The van der Waals surface area contributed by atoms with Crippen molar-refractivity contribution in [3.63, 3.8) is 0 Å². The molecule has 2 aromatic rings. The molecule has 0 bridgehead atoms. The van der Waals surface area contributed by atoms with Crippen molar-refractivity contribution in [3.8, 4) is 0 Å². The van der Waals surface area contributed by atoms with Gasteiger partial charge in [0, 0.05) is 26.1 Å². The van der Waals surface area contributed by atoms with Gasteiger partial charge in [0.1, 0.15) is 0 Å². The summed E-state index contributed by atoms with van der Waals surface area (Å²) in [5, 5.41) is 4.08. The Morgan fingerprint density at radius 2 is 1.50 bits per heavy atom. The SMILES string of the molecule is CC1(C)C=C(NC(=O)c2cc(Cl)ccc2Cl)C=C(SC(=O)c2cc(Cl)ccc2Cl)S1. The number of carbonyl (C=O) groups excluding carboxylic acids is 2. The molecule has 9 heteroatoms. The molecule has 1 aliphatic heterocycles. The zero-order chi connectivity index (χ0) is 22.1. The molecule has 3 nitrogen and oxygen atoms in total. The van der Waals surface area contributed by atoms with Crippen molar-refractivity contribution >= 4 is 80.9 Å². The molecule has 1 heterocycles. The van der Waals surface area contributed by atoms with E-state index in [0.29, 0.717) is 31.4 Å². The predicted octanol–water partition coefficient (Wildman–Crippen LogP) is 7.85. The van der Waals surface area contributed by atoms with Gasteiger partial charge < -0.3 is 5.32 Å². The first-order chi connectivity index (χ1) is 14.0. The maximum absolute atomic E-state index is 12.8. The zero-order valence-electron chi connectivity index (χ0n) is 15.8. The molecule has 0 saturated heterocycles. The van der Waals surface area contributed by atoms with Gasteiger partial charge in [-0.25, -0.2) is 0 Å². The zero-order valence-corrected chi connectivity index (χ0v) is 20.4. The minimum Gasteiger partial charge on any atom is -0.322 e. The second-order valence-electron chi connectivity index (χ2n) is 6.86. The summed E-state index contributed by atoms with van der Waals surface area (Å²) in [6.07, 6.45) is 3.65. The minimum absolute atomic E-state index is 0.234. The Bertz CT molecular complexity index is 1100. The smallest absolute Gasteiger partial charge is 0.257 e. The summed E-state index contributed by atoms with van der Waals surface area (Å²) in [5.41, 5.74) is 1.16. The third-order valence-corrected chi connectivity index (χ3v) is 7.23. The van der Waals surface area contributed by atoms with Gasteiger partial charge in [0.05, 0.1) is 19.8 Å². The average molecular weight is 519 g/mol. The molecular formula is C21H15Cl4NO2S2. The molecule has 0 fully saturated rings. The van der Waals surface area contributed by atoms with Gasteiger partial charge in [-0.15, -0.1) is 11.8 Å². The van der Waals surface area contributed by atoms with Crippen LogP contribution < -0.4 is 5.32 Å². The van der Waals surface area contributed by atoms with Gasteiger partial charge in [-0.05, 0) is 74.2 Å². The number of carbonyl (C=O) groups is 2. The number of hydrogen-bond donors (Lipinski definition) is 1. The summed E-state index contributed by atoms with van der Waals surface area (Å²) in [7, 11) is 0. The molecular weight excluding hydrogens is 504 g/mol. The molecule has 1 aliphatic rings. The molecule has 156 valence electrons. The normalized spacial score (nSPS) is 15.3. The number of thioether (sulfide) groups is 2. The van der Waals surface area contributed by atoms with Gasteiger partial charge in [0.25, 0.3) is 5.91 Å². The first-order valence-corrected chi connectivity index (χ1v) is 11.8. The molecule has 0 unspecified atom stereocenters. The number of nitrogens with one attached hydrogen (secondary N) is 1. The lowest BCUT2D eigenvalue weighted by molar-refractivity contribution is 0.0966. The third kappa shape index (κ3) is 6.00. The van der Waals surface area contributed by atoms with Crippen LogP contribution in [-0.2, 0) is 0 Å². The quantitative estimate of drug-likeness (QED) is 0.447. The van der Waals surface area contributed by atoms with Crippen LogP contribution in [0, 0.1) is 0 Å². The number of rotatable bonds is 4. The van der Waals surface area contributed by atoms with E-state index < -0.39 is 0 Å². The van der Waals surface area contributed by atoms with Crippen molar-refractivity contribution in [1.29, 1.82) is 0 Å². The first kappa shape index (κ1) is 23.6. The van der Waals surface area contributed by atoms with Gasteiger partial charge in [-0.3, -0.25) is 9.59 Å². The Kier molecular flexibility index (Phi) is 7.54. The van der Waals surface area contributed by atoms with Gasteiger partial charge in [-0.2, -0.15) is 0 Å². The fourth-order valence-corrected chi connectivity index (χ4v) is 6.04. The lowest BCUT2D eigenvalue weighted by Crippen LogP contribution is -2.26. The Morgan fingerprint density at radius 1 is 0.933 bits per heavy atom. The highest BCUT2D eigenvalue weighted by Gasteiger charge is 2.27. The summed E-state index contributed by atoms with van der Waals surface area (Å²) >= 11 is 26.8. The molecule has 0 spiro atoms. The Balaban J connectivity index is 1.82. The minimum atomic E-state index is -0.388. The van der Waals surface area contributed by atoms with Gasteiger partial charge >= 0.3 is 0 Å². The van der Waals surface area contributed by atoms with E-state index in [-0.39, 0.29) is 21.3 Å². The highest BCUT2D eigenvalue weighted by molar-refractivity contribution is 8.30. The van der Waals surface area contributed by atoms with Crippen molar-refractivity contribution in [2.24, 2.45) is 0 Å². The molecule has 2 aromatic carbocycles. The van der Waals surface area contributed by atoms with Crippen LogP contribution in [0.3, 0.4) is 0 Å². The summed E-state index contributed by atoms with van der Waals surface area (Å²) in [5.74, 6) is -0.388. The maximum Gasteiger partial charge on any atom is 0.257 e. The predicted molar refractivity (Wildman–Crippen MR) is 130 cm³/mol. The van der Waals surface area contributed by atoms with E-state index in [2.05, 4.69) is 5.32 Å². The van der Waals surface area contributed by atoms with Gasteiger partial charge in [0.2, 0.25) is 5.12 Å². The fraction of sp³-hybridized carbons (Fsp3) is 0.143. The highest BCUT2D eigenvalue weighted by Crippen LogP contribution is 2.44. The van der Waals surface area contributed by atoms with E-state index in [1.165, 1.54) is 23.9 Å². The summed E-state index contributed by atoms with van der Waals surface area (Å²) in [6.45, 7) is 3.97. The van der Waals surface area contributed by atoms with Crippen molar-refractivity contribution < 1.29 is 9.59 Å². The van der Waals surface area contributed by atoms with Crippen LogP contribution in [-0.4, -0.2) is 15.8 Å². The standard InChI is InChI=1S/C21H15Cl4NO2S2/c1-21(2)10-13(26-19(27)14-7-11(22)3-5-16(14)24)9-18(30-21)29-20(28)15-8-12(23)4-6-17(15)25/h3-10H,1-2H3,(H,26,27). The molecule has 0 radical (unpaired) electrons. The van der Waals surface area contributed by atoms with Crippen LogP contribution in [0.5, 0.6) is 0 Å². The largest absolute Gasteiger partial charge is 0.322 e. The van der Waals surface area contributed by atoms with Crippen molar-refractivity contribution in [3.05, 3.63) is 89.7 Å². The lowest BCUT2D eigenvalue weighted by atomic mass is 10.1. The molecule has 3 rings (SSSR count). The number of halogens is 4. The van der Waals surface area contributed by atoms with E-state index >= 15 is 0 Å². The Hall–Kier alpha value is -1.08. The Labute approximate surface area is 203 Å². The van der Waals surface area contributed by atoms with Crippen LogP contribution in [0.25, 0.3) is 0 Å². The van der Waals surface area contributed by atoms with Crippen LogP contribution in [0.2, 0.25) is 20.1 Å². The van der Waals surface area contributed by atoms with Crippen molar-refractivity contribution in [2.45, 2.75) is 18.6 Å². The summed E-state index contributed by atoms with van der Waals surface area (Å²) in [4.78, 5) is 25.4. The van der Waals surface area contributed by atoms with E-state index in [0.717, 1.165) is 16.0 Å². The Morgan fingerprint density at radius 3 is 2.13 bits per heavy atom. The lowest BCUT2D eigenvalue weighted by Gasteiger charge is -2.27. The van der Waals surface area contributed by atoms with Gasteiger partial charge in [0.15, 0.2) is 0 Å². The van der Waals surface area contributed by atoms with Crippen molar-refractivity contribution in [1.82, 2.24) is 5.32 Å². The topological polar surface area (TPSA) is 46.2 Å². The third-order valence-electron chi connectivity index (χ3n) is 3.91. The maximum atomic E-state index is 12.8. The molecule has 1 amide bonds. The van der Waals surface area contributed by atoms with Crippen LogP contribution in [0.1, 0.15) is 34.6 Å². The van der Waals surface area contributed by atoms with E-state index in [4.69, 9.17) is 46.4 Å². The van der Waals surface area contributed by atoms with E-state index in [1.54, 1.807) is 30.3 Å². The van der Waals surface area contributed by atoms with E-state index in [9.17, 15) is 9.59 Å². The van der Waals surface area contributed by atoms with Crippen LogP contribution >= 0.6 is 69.9 Å². The molecule has 0 aromatic heterocycles. The first-order valence-electron chi connectivity index (χ1n) is 8.61. The number of hydrogen-bond acceptors (Lipinski definition) is 4. The molecule has 0 atom stereocenters. The molecule has 0 saturated carbocycles. The summed E-state index contributed by atoms with van der Waals surface area (Å²) < 4.78 is 0.368. The second kappa shape index (κ2) is 9.60. The monoisotopic (exact) mass is 517 g/mol. The fourth-order valence-electron chi connectivity index (χ4n) is 2.65. The number of benzene rings is 2.